The number of aliphatic hydroxyl groups excluding tert-OH is 1. The molecule has 1 N–H and O–H groups in total. The van der Waals surface area contributed by atoms with Crippen molar-refractivity contribution in [3.63, 3.8) is 0 Å². The van der Waals surface area contributed by atoms with E-state index in [0.29, 0.717) is 6.54 Å². The second kappa shape index (κ2) is 4.47. The van der Waals surface area contributed by atoms with Gasteiger partial charge in [0.05, 0.1) is 11.8 Å². The molecule has 1 aliphatic heterocycles. The maximum atomic E-state index is 9.52. The minimum absolute atomic E-state index is 0.195. The summed E-state index contributed by atoms with van der Waals surface area (Å²) in [5.74, 6) is 0. The van der Waals surface area contributed by atoms with Crippen LogP contribution in [0, 0.1) is 0 Å². The Hall–Kier alpha value is -1.39. The first-order valence-electron chi connectivity index (χ1n) is 5.77. The Morgan fingerprint density at radius 3 is 2.82 bits per heavy atom. The molecule has 1 fully saturated rings. The third-order valence-electron chi connectivity index (χ3n) is 3.00. The van der Waals surface area contributed by atoms with Gasteiger partial charge in [0.1, 0.15) is 0 Å². The molecular weight excluding hydrogens is 232 g/mol. The van der Waals surface area contributed by atoms with Crippen molar-refractivity contribution in [3.05, 3.63) is 35.7 Å². The predicted molar refractivity (Wildman–Crippen MR) is 70.4 cm³/mol. The molecular formula is C13H14N2OS. The highest BCUT2D eigenvalue weighted by Crippen LogP contribution is 2.29. The number of nitrogens with zero attached hydrogens (tertiary/aromatic N) is 2. The largest absolute Gasteiger partial charge is 0.391 e. The minimum atomic E-state index is -0.195. The summed E-state index contributed by atoms with van der Waals surface area (Å²) in [7, 11) is 0. The molecule has 0 saturated carbocycles. The Morgan fingerprint density at radius 2 is 2.12 bits per heavy atom. The number of aromatic nitrogens is 1. The average Bonchev–Trinajstić information content (AvgIpc) is 2.98. The number of β-amino-alcohol motifs (C(OH)–C–C–N with tert-alkyl or cyclic N) is 1. The highest BCUT2D eigenvalue weighted by molar-refractivity contribution is 7.14. The molecule has 17 heavy (non-hydrogen) atoms. The van der Waals surface area contributed by atoms with Gasteiger partial charge in [0.15, 0.2) is 5.13 Å². The van der Waals surface area contributed by atoms with Crippen LogP contribution in [-0.4, -0.2) is 29.3 Å². The summed E-state index contributed by atoms with van der Waals surface area (Å²) in [6.45, 7) is 1.62. The zero-order valence-corrected chi connectivity index (χ0v) is 10.2. The lowest BCUT2D eigenvalue weighted by atomic mass is 10.2. The van der Waals surface area contributed by atoms with Gasteiger partial charge in [0.2, 0.25) is 0 Å². The van der Waals surface area contributed by atoms with E-state index in [0.717, 1.165) is 29.4 Å². The molecule has 3 nitrogen and oxygen atoms in total. The second-order valence-corrected chi connectivity index (χ2v) is 5.11. The first kappa shape index (κ1) is 10.7. The Morgan fingerprint density at radius 1 is 1.29 bits per heavy atom. The van der Waals surface area contributed by atoms with Gasteiger partial charge in [-0.25, -0.2) is 4.98 Å². The molecule has 0 amide bonds. The molecule has 88 valence electrons. The van der Waals surface area contributed by atoms with Gasteiger partial charge in [0, 0.05) is 24.0 Å². The van der Waals surface area contributed by atoms with Crippen LogP contribution in [-0.2, 0) is 0 Å². The fraction of sp³-hybridized carbons (Fsp3) is 0.308. The first-order chi connectivity index (χ1) is 8.33. The number of thiazole rings is 1. The van der Waals surface area contributed by atoms with Crippen LogP contribution < -0.4 is 4.90 Å². The highest BCUT2D eigenvalue weighted by Gasteiger charge is 2.22. The molecule has 4 heteroatoms. The molecule has 0 unspecified atom stereocenters. The van der Waals surface area contributed by atoms with E-state index in [1.807, 2.05) is 18.2 Å². The molecule has 1 aliphatic rings. The summed E-state index contributed by atoms with van der Waals surface area (Å²) in [4.78, 5) is 6.78. The molecule has 0 aliphatic carbocycles. The van der Waals surface area contributed by atoms with Crippen molar-refractivity contribution >= 4 is 16.5 Å². The van der Waals surface area contributed by atoms with Gasteiger partial charge in [-0.05, 0) is 6.42 Å². The molecule has 1 saturated heterocycles. The van der Waals surface area contributed by atoms with Crippen molar-refractivity contribution in [2.75, 3.05) is 18.0 Å². The van der Waals surface area contributed by atoms with E-state index in [9.17, 15) is 5.11 Å². The summed E-state index contributed by atoms with van der Waals surface area (Å²) in [5.41, 5.74) is 2.17. The van der Waals surface area contributed by atoms with Crippen LogP contribution in [0.4, 0.5) is 5.13 Å². The summed E-state index contributed by atoms with van der Waals surface area (Å²) >= 11 is 1.65. The maximum absolute atomic E-state index is 9.52. The standard InChI is InChI=1S/C13H14N2OS/c16-11-6-7-15(8-11)13-14-12(9-17-13)10-4-2-1-3-5-10/h1-5,9,11,16H,6-8H2/t11-/m0/s1. The Balaban J connectivity index is 1.84. The van der Waals surface area contributed by atoms with Crippen molar-refractivity contribution in [1.82, 2.24) is 4.98 Å². The van der Waals surface area contributed by atoms with Crippen molar-refractivity contribution in [1.29, 1.82) is 0 Å². The Bertz CT molecular complexity index is 497. The summed E-state index contributed by atoms with van der Waals surface area (Å²) < 4.78 is 0. The second-order valence-electron chi connectivity index (χ2n) is 4.27. The molecule has 3 rings (SSSR count). The van der Waals surface area contributed by atoms with Gasteiger partial charge < -0.3 is 10.0 Å². The van der Waals surface area contributed by atoms with E-state index < -0.39 is 0 Å². The molecule has 0 bridgehead atoms. The molecule has 2 aromatic rings. The number of rotatable bonds is 2. The summed E-state index contributed by atoms with van der Waals surface area (Å²) in [6, 6.07) is 10.2. The van der Waals surface area contributed by atoms with Gasteiger partial charge in [-0.3, -0.25) is 0 Å². The maximum Gasteiger partial charge on any atom is 0.185 e. The molecule has 2 heterocycles. The zero-order valence-electron chi connectivity index (χ0n) is 9.41. The van der Waals surface area contributed by atoms with Gasteiger partial charge in [-0.2, -0.15) is 0 Å². The van der Waals surface area contributed by atoms with Crippen LogP contribution in [0.15, 0.2) is 35.7 Å². The van der Waals surface area contributed by atoms with E-state index in [1.165, 1.54) is 0 Å². The first-order valence-corrected chi connectivity index (χ1v) is 6.65. The fourth-order valence-corrected chi connectivity index (χ4v) is 2.94. The van der Waals surface area contributed by atoms with Gasteiger partial charge in [0.25, 0.3) is 0 Å². The minimum Gasteiger partial charge on any atom is -0.391 e. The molecule has 0 spiro atoms. The topological polar surface area (TPSA) is 36.4 Å². The number of benzene rings is 1. The Kier molecular flexibility index (Phi) is 2.82. The van der Waals surface area contributed by atoms with Crippen LogP contribution >= 0.6 is 11.3 Å². The quantitative estimate of drug-likeness (QED) is 0.884. The van der Waals surface area contributed by atoms with E-state index in [1.54, 1.807) is 11.3 Å². The fourth-order valence-electron chi connectivity index (χ4n) is 2.07. The van der Waals surface area contributed by atoms with Crippen molar-refractivity contribution in [3.8, 4) is 11.3 Å². The summed E-state index contributed by atoms with van der Waals surface area (Å²) in [5, 5.41) is 12.6. The average molecular weight is 246 g/mol. The molecule has 0 radical (unpaired) electrons. The lowest BCUT2D eigenvalue weighted by Crippen LogP contribution is -2.20. The monoisotopic (exact) mass is 246 g/mol. The van der Waals surface area contributed by atoms with E-state index in [2.05, 4.69) is 27.4 Å². The van der Waals surface area contributed by atoms with Crippen LogP contribution in [0.25, 0.3) is 11.3 Å². The van der Waals surface area contributed by atoms with Gasteiger partial charge in [-0.1, -0.05) is 30.3 Å². The molecule has 1 atom stereocenters. The normalized spacial score (nSPS) is 19.8. The van der Waals surface area contributed by atoms with E-state index in [4.69, 9.17) is 0 Å². The number of hydrogen-bond acceptors (Lipinski definition) is 4. The molecule has 1 aromatic heterocycles. The molecule has 1 aromatic carbocycles. The van der Waals surface area contributed by atoms with Crippen LogP contribution in [0.1, 0.15) is 6.42 Å². The van der Waals surface area contributed by atoms with Crippen molar-refractivity contribution < 1.29 is 5.11 Å². The van der Waals surface area contributed by atoms with Gasteiger partial charge >= 0.3 is 0 Å². The highest BCUT2D eigenvalue weighted by atomic mass is 32.1. The van der Waals surface area contributed by atoms with Gasteiger partial charge in [-0.15, -0.1) is 11.3 Å². The van der Waals surface area contributed by atoms with Crippen molar-refractivity contribution in [2.45, 2.75) is 12.5 Å². The predicted octanol–water partition coefficient (Wildman–Crippen LogP) is 2.38. The number of hydrogen-bond donors (Lipinski definition) is 1. The summed E-state index contributed by atoms with van der Waals surface area (Å²) in [6.07, 6.45) is 0.652. The lowest BCUT2D eigenvalue weighted by Gasteiger charge is -2.12. The van der Waals surface area contributed by atoms with Crippen LogP contribution in [0.2, 0.25) is 0 Å². The van der Waals surface area contributed by atoms with E-state index in [-0.39, 0.29) is 6.10 Å². The van der Waals surface area contributed by atoms with Crippen LogP contribution in [0.5, 0.6) is 0 Å². The lowest BCUT2D eigenvalue weighted by molar-refractivity contribution is 0.198. The third kappa shape index (κ3) is 2.18. The zero-order chi connectivity index (χ0) is 11.7. The smallest absolute Gasteiger partial charge is 0.185 e. The number of anilines is 1. The SMILES string of the molecule is O[C@H]1CCN(c2nc(-c3ccccc3)cs2)C1. The third-order valence-corrected chi connectivity index (χ3v) is 3.90. The number of aliphatic hydroxyl groups is 1. The van der Waals surface area contributed by atoms with Crippen molar-refractivity contribution in [2.24, 2.45) is 0 Å². The van der Waals surface area contributed by atoms with Crippen LogP contribution in [0.3, 0.4) is 0 Å². The Labute approximate surface area is 104 Å². The van der Waals surface area contributed by atoms with E-state index >= 15 is 0 Å².